The molecule has 0 spiro atoms. The SMILES string of the molecule is CS(=O)(=O)c1ccc(N=C(N)c2cccc(N)c2)cc1. The lowest BCUT2D eigenvalue weighted by molar-refractivity contribution is 0.602. The molecule has 0 aliphatic rings. The van der Waals surface area contributed by atoms with Crippen LogP contribution >= 0.6 is 0 Å². The fourth-order valence-corrected chi connectivity index (χ4v) is 2.30. The summed E-state index contributed by atoms with van der Waals surface area (Å²) in [7, 11) is -3.20. The first-order chi connectivity index (χ1) is 9.36. The highest BCUT2D eigenvalue weighted by molar-refractivity contribution is 7.90. The van der Waals surface area contributed by atoms with Crippen LogP contribution in [0, 0.1) is 0 Å². The Kier molecular flexibility index (Phi) is 3.76. The van der Waals surface area contributed by atoms with E-state index in [4.69, 9.17) is 11.5 Å². The Labute approximate surface area is 117 Å². The van der Waals surface area contributed by atoms with Crippen LogP contribution in [0.15, 0.2) is 58.4 Å². The van der Waals surface area contributed by atoms with E-state index in [1.807, 2.05) is 0 Å². The van der Waals surface area contributed by atoms with E-state index in [9.17, 15) is 8.42 Å². The number of sulfone groups is 1. The Hall–Kier alpha value is -2.34. The van der Waals surface area contributed by atoms with Crippen LogP contribution < -0.4 is 11.5 Å². The molecule has 0 saturated carbocycles. The molecule has 0 radical (unpaired) electrons. The Morgan fingerprint density at radius 2 is 1.75 bits per heavy atom. The van der Waals surface area contributed by atoms with Gasteiger partial charge in [-0.1, -0.05) is 12.1 Å². The molecule has 2 rings (SSSR count). The number of rotatable bonds is 3. The number of benzene rings is 2. The van der Waals surface area contributed by atoms with Crippen LogP contribution in [0.1, 0.15) is 5.56 Å². The lowest BCUT2D eigenvalue weighted by Crippen LogP contribution is -2.12. The monoisotopic (exact) mass is 289 g/mol. The van der Waals surface area contributed by atoms with Crippen LogP contribution in [-0.2, 0) is 9.84 Å². The molecule has 0 atom stereocenters. The number of nitrogens with two attached hydrogens (primary N) is 2. The summed E-state index contributed by atoms with van der Waals surface area (Å²) in [5.41, 5.74) is 13.5. The highest BCUT2D eigenvalue weighted by Gasteiger charge is 2.06. The van der Waals surface area contributed by atoms with Gasteiger partial charge in [0.15, 0.2) is 9.84 Å². The van der Waals surface area contributed by atoms with Crippen LogP contribution in [0.4, 0.5) is 11.4 Å². The minimum Gasteiger partial charge on any atom is -0.399 e. The standard InChI is InChI=1S/C14H15N3O2S/c1-20(18,19)13-7-5-12(6-8-13)17-14(16)10-3-2-4-11(15)9-10/h2-9H,15H2,1H3,(H2,16,17). The van der Waals surface area contributed by atoms with Gasteiger partial charge in [0, 0.05) is 17.5 Å². The zero-order chi connectivity index (χ0) is 14.8. The molecule has 0 heterocycles. The highest BCUT2D eigenvalue weighted by Crippen LogP contribution is 2.17. The van der Waals surface area contributed by atoms with E-state index in [2.05, 4.69) is 4.99 Å². The van der Waals surface area contributed by atoms with Crippen LogP contribution in [0.25, 0.3) is 0 Å². The normalized spacial score (nSPS) is 12.3. The summed E-state index contributed by atoms with van der Waals surface area (Å²) in [4.78, 5) is 4.49. The molecule has 104 valence electrons. The van der Waals surface area contributed by atoms with Crippen molar-refractivity contribution >= 4 is 27.0 Å². The van der Waals surface area contributed by atoms with E-state index in [-0.39, 0.29) is 4.90 Å². The highest BCUT2D eigenvalue weighted by atomic mass is 32.2. The number of amidine groups is 1. The van der Waals surface area contributed by atoms with Gasteiger partial charge in [-0.15, -0.1) is 0 Å². The fourth-order valence-electron chi connectivity index (χ4n) is 1.67. The molecule has 0 bridgehead atoms. The van der Waals surface area contributed by atoms with Crippen LogP contribution in [0.2, 0.25) is 0 Å². The first kappa shape index (κ1) is 14.1. The molecule has 4 N–H and O–H groups in total. The van der Waals surface area contributed by atoms with E-state index < -0.39 is 9.84 Å². The molecular formula is C14H15N3O2S. The molecule has 0 aromatic heterocycles. The molecule has 0 aliphatic heterocycles. The largest absolute Gasteiger partial charge is 0.399 e. The predicted molar refractivity (Wildman–Crippen MR) is 80.8 cm³/mol. The molecule has 6 heteroatoms. The Balaban J connectivity index is 2.31. The van der Waals surface area contributed by atoms with Crippen LogP contribution in [-0.4, -0.2) is 20.5 Å². The topological polar surface area (TPSA) is 98.5 Å². The van der Waals surface area contributed by atoms with E-state index in [1.54, 1.807) is 36.4 Å². The van der Waals surface area contributed by atoms with E-state index in [1.165, 1.54) is 12.1 Å². The number of hydrogen-bond donors (Lipinski definition) is 2. The summed E-state index contributed by atoms with van der Waals surface area (Å²) in [6.07, 6.45) is 1.16. The predicted octanol–water partition coefficient (Wildman–Crippen LogP) is 1.71. The lowest BCUT2D eigenvalue weighted by atomic mass is 10.2. The third-order valence-corrected chi connectivity index (χ3v) is 3.83. The van der Waals surface area contributed by atoms with Gasteiger partial charge in [0.2, 0.25) is 0 Å². The maximum Gasteiger partial charge on any atom is 0.175 e. The van der Waals surface area contributed by atoms with Crippen molar-refractivity contribution in [2.24, 2.45) is 10.7 Å². The van der Waals surface area contributed by atoms with Crippen molar-refractivity contribution in [3.8, 4) is 0 Å². The van der Waals surface area contributed by atoms with Gasteiger partial charge in [-0.2, -0.15) is 0 Å². The zero-order valence-corrected chi connectivity index (χ0v) is 11.8. The van der Waals surface area contributed by atoms with Gasteiger partial charge < -0.3 is 11.5 Å². The number of nitrogens with zero attached hydrogens (tertiary/aromatic N) is 1. The first-order valence-corrected chi connectivity index (χ1v) is 7.75. The van der Waals surface area contributed by atoms with Crippen LogP contribution in [0.3, 0.4) is 0 Å². The summed E-state index contributed by atoms with van der Waals surface area (Å²) in [5, 5.41) is 0. The molecule has 0 unspecified atom stereocenters. The third kappa shape index (κ3) is 3.36. The van der Waals surface area contributed by atoms with Gasteiger partial charge in [-0.05, 0) is 36.4 Å². The molecule has 0 amide bonds. The average molecular weight is 289 g/mol. The average Bonchev–Trinajstić information content (AvgIpc) is 2.38. The van der Waals surface area contributed by atoms with Crippen molar-refractivity contribution in [3.63, 3.8) is 0 Å². The molecule has 0 fully saturated rings. The summed E-state index contributed by atoms with van der Waals surface area (Å²) >= 11 is 0. The van der Waals surface area contributed by atoms with Crippen molar-refractivity contribution in [1.82, 2.24) is 0 Å². The maximum atomic E-state index is 11.4. The second-order valence-electron chi connectivity index (χ2n) is 4.39. The maximum absolute atomic E-state index is 11.4. The molecule has 0 saturated heterocycles. The lowest BCUT2D eigenvalue weighted by Gasteiger charge is -2.03. The van der Waals surface area contributed by atoms with Crippen molar-refractivity contribution in [1.29, 1.82) is 0 Å². The Morgan fingerprint density at radius 3 is 2.30 bits per heavy atom. The number of hydrogen-bond acceptors (Lipinski definition) is 4. The van der Waals surface area contributed by atoms with Crippen molar-refractivity contribution < 1.29 is 8.42 Å². The van der Waals surface area contributed by atoms with E-state index in [0.29, 0.717) is 17.2 Å². The second-order valence-corrected chi connectivity index (χ2v) is 6.40. The third-order valence-electron chi connectivity index (χ3n) is 2.70. The first-order valence-electron chi connectivity index (χ1n) is 5.86. The van der Waals surface area contributed by atoms with E-state index in [0.717, 1.165) is 11.8 Å². The Morgan fingerprint density at radius 1 is 1.10 bits per heavy atom. The summed E-state index contributed by atoms with van der Waals surface area (Å²) < 4.78 is 22.7. The molecule has 2 aromatic rings. The Bertz CT molecular complexity index is 750. The number of aliphatic imine (C=N–C) groups is 1. The van der Waals surface area contributed by atoms with Gasteiger partial charge in [0.1, 0.15) is 5.84 Å². The van der Waals surface area contributed by atoms with Gasteiger partial charge in [0.25, 0.3) is 0 Å². The molecule has 5 nitrogen and oxygen atoms in total. The van der Waals surface area contributed by atoms with Gasteiger partial charge >= 0.3 is 0 Å². The molecule has 20 heavy (non-hydrogen) atoms. The van der Waals surface area contributed by atoms with Crippen molar-refractivity contribution in [2.75, 3.05) is 12.0 Å². The minimum atomic E-state index is -3.20. The quantitative estimate of drug-likeness (QED) is 0.510. The minimum absolute atomic E-state index is 0.249. The van der Waals surface area contributed by atoms with Crippen LogP contribution in [0.5, 0.6) is 0 Å². The molecule has 2 aromatic carbocycles. The number of nitrogen functional groups attached to an aromatic ring is 1. The second kappa shape index (κ2) is 5.34. The van der Waals surface area contributed by atoms with Gasteiger partial charge in [-0.25, -0.2) is 13.4 Å². The fraction of sp³-hybridized carbons (Fsp3) is 0.0714. The summed E-state index contributed by atoms with van der Waals surface area (Å²) in [5.74, 6) is 0.324. The van der Waals surface area contributed by atoms with Crippen molar-refractivity contribution in [2.45, 2.75) is 4.90 Å². The van der Waals surface area contributed by atoms with Crippen molar-refractivity contribution in [3.05, 3.63) is 54.1 Å². The van der Waals surface area contributed by atoms with E-state index >= 15 is 0 Å². The van der Waals surface area contributed by atoms with Gasteiger partial charge in [0.05, 0.1) is 10.6 Å². The number of anilines is 1. The zero-order valence-electron chi connectivity index (χ0n) is 10.9. The summed E-state index contributed by atoms with van der Waals surface area (Å²) in [6.45, 7) is 0. The summed E-state index contributed by atoms with van der Waals surface area (Å²) in [6, 6.07) is 13.3. The molecular weight excluding hydrogens is 274 g/mol. The van der Waals surface area contributed by atoms with Gasteiger partial charge in [-0.3, -0.25) is 0 Å². The molecule has 0 aliphatic carbocycles. The smallest absolute Gasteiger partial charge is 0.175 e.